The molecule has 0 aliphatic heterocycles. The average molecular weight is 250 g/mol. The number of ether oxygens (including phenoxy) is 1. The van der Waals surface area contributed by atoms with Gasteiger partial charge in [0, 0.05) is 18.8 Å². The van der Waals surface area contributed by atoms with E-state index in [1.807, 2.05) is 0 Å². The quantitative estimate of drug-likeness (QED) is 0.756. The van der Waals surface area contributed by atoms with Crippen LogP contribution in [0.4, 0.5) is 0 Å². The number of nitrogens with zero attached hydrogens (tertiary/aromatic N) is 1. The fraction of sp³-hybridized carbons (Fsp3) is 0.571. The molecule has 4 nitrogen and oxygen atoms in total. The zero-order chi connectivity index (χ0) is 13.4. The first-order valence-electron chi connectivity index (χ1n) is 6.48. The minimum Gasteiger partial charge on any atom is -0.465 e. The summed E-state index contributed by atoms with van der Waals surface area (Å²) in [6.45, 7) is 4.93. The lowest BCUT2D eigenvalue weighted by Gasteiger charge is -2.16. The summed E-state index contributed by atoms with van der Waals surface area (Å²) in [7, 11) is 1.39. The molecule has 1 rings (SSSR count). The summed E-state index contributed by atoms with van der Waals surface area (Å²) in [6, 6.07) is 3.97. The third kappa shape index (κ3) is 4.11. The van der Waals surface area contributed by atoms with Gasteiger partial charge in [-0.25, -0.2) is 4.79 Å². The highest BCUT2D eigenvalue weighted by Crippen LogP contribution is 2.08. The lowest BCUT2D eigenvalue weighted by Crippen LogP contribution is -2.29. The maximum Gasteiger partial charge on any atom is 0.339 e. The van der Waals surface area contributed by atoms with E-state index in [-0.39, 0.29) is 5.97 Å². The SMILES string of the molecule is CCCC(CC)NCc1ncccc1C(=O)OC. The van der Waals surface area contributed by atoms with E-state index in [0.717, 1.165) is 25.0 Å². The molecule has 4 heteroatoms. The van der Waals surface area contributed by atoms with E-state index in [0.29, 0.717) is 18.2 Å². The molecule has 0 aromatic carbocycles. The molecular weight excluding hydrogens is 228 g/mol. The molecule has 1 unspecified atom stereocenters. The summed E-state index contributed by atoms with van der Waals surface area (Å²) in [5, 5.41) is 3.44. The fourth-order valence-electron chi connectivity index (χ4n) is 1.91. The number of carbonyl (C=O) groups excluding carboxylic acids is 1. The van der Waals surface area contributed by atoms with Crippen LogP contribution in [0, 0.1) is 0 Å². The summed E-state index contributed by atoms with van der Waals surface area (Å²) in [5.41, 5.74) is 1.29. The molecule has 1 atom stereocenters. The Morgan fingerprint density at radius 3 is 2.89 bits per heavy atom. The summed E-state index contributed by atoms with van der Waals surface area (Å²) >= 11 is 0. The third-order valence-electron chi connectivity index (χ3n) is 2.98. The van der Waals surface area contributed by atoms with Gasteiger partial charge in [0.2, 0.25) is 0 Å². The highest BCUT2D eigenvalue weighted by Gasteiger charge is 2.13. The van der Waals surface area contributed by atoms with Crippen molar-refractivity contribution in [2.24, 2.45) is 0 Å². The molecule has 0 spiro atoms. The van der Waals surface area contributed by atoms with E-state index in [2.05, 4.69) is 24.1 Å². The van der Waals surface area contributed by atoms with Crippen LogP contribution in [0.5, 0.6) is 0 Å². The Morgan fingerprint density at radius 1 is 1.50 bits per heavy atom. The van der Waals surface area contributed by atoms with Crippen molar-refractivity contribution in [2.45, 2.75) is 45.7 Å². The van der Waals surface area contributed by atoms with Crippen LogP contribution in [-0.4, -0.2) is 24.1 Å². The molecular formula is C14H22N2O2. The zero-order valence-corrected chi connectivity index (χ0v) is 11.4. The Morgan fingerprint density at radius 2 is 2.28 bits per heavy atom. The lowest BCUT2D eigenvalue weighted by molar-refractivity contribution is 0.0598. The average Bonchev–Trinajstić information content (AvgIpc) is 2.43. The highest BCUT2D eigenvalue weighted by molar-refractivity contribution is 5.90. The van der Waals surface area contributed by atoms with Crippen LogP contribution >= 0.6 is 0 Å². The van der Waals surface area contributed by atoms with Gasteiger partial charge in [0.05, 0.1) is 18.4 Å². The summed E-state index contributed by atoms with van der Waals surface area (Å²) in [5.74, 6) is -0.330. The van der Waals surface area contributed by atoms with Crippen molar-refractivity contribution in [2.75, 3.05) is 7.11 Å². The minimum atomic E-state index is -0.330. The Labute approximate surface area is 109 Å². The molecule has 0 saturated heterocycles. The molecule has 0 aliphatic rings. The van der Waals surface area contributed by atoms with Crippen LogP contribution in [0.3, 0.4) is 0 Å². The molecule has 0 aliphatic carbocycles. The van der Waals surface area contributed by atoms with Crippen LogP contribution in [0.2, 0.25) is 0 Å². The van der Waals surface area contributed by atoms with Crippen LogP contribution in [0.1, 0.15) is 49.2 Å². The van der Waals surface area contributed by atoms with E-state index < -0.39 is 0 Å². The molecule has 1 heterocycles. The number of hydrogen-bond acceptors (Lipinski definition) is 4. The van der Waals surface area contributed by atoms with Crippen molar-refractivity contribution < 1.29 is 9.53 Å². The van der Waals surface area contributed by atoms with Gasteiger partial charge in [0.15, 0.2) is 0 Å². The number of carbonyl (C=O) groups is 1. The van der Waals surface area contributed by atoms with Crippen LogP contribution < -0.4 is 5.32 Å². The summed E-state index contributed by atoms with van der Waals surface area (Å²) in [6.07, 6.45) is 5.06. The molecule has 0 amide bonds. The summed E-state index contributed by atoms with van der Waals surface area (Å²) < 4.78 is 4.75. The Hall–Kier alpha value is -1.42. The first-order chi connectivity index (χ1) is 8.72. The lowest BCUT2D eigenvalue weighted by atomic mass is 10.1. The monoisotopic (exact) mass is 250 g/mol. The largest absolute Gasteiger partial charge is 0.465 e. The van der Waals surface area contributed by atoms with Crippen LogP contribution in [-0.2, 0) is 11.3 Å². The number of aromatic nitrogens is 1. The molecule has 18 heavy (non-hydrogen) atoms. The maximum atomic E-state index is 11.6. The second-order valence-electron chi connectivity index (χ2n) is 4.26. The summed E-state index contributed by atoms with van der Waals surface area (Å²) in [4.78, 5) is 15.8. The zero-order valence-electron chi connectivity index (χ0n) is 11.4. The van der Waals surface area contributed by atoms with Gasteiger partial charge in [-0.3, -0.25) is 4.98 Å². The smallest absolute Gasteiger partial charge is 0.339 e. The van der Waals surface area contributed by atoms with Gasteiger partial charge >= 0.3 is 5.97 Å². The predicted molar refractivity (Wildman–Crippen MR) is 71.4 cm³/mol. The second-order valence-corrected chi connectivity index (χ2v) is 4.26. The number of esters is 1. The van der Waals surface area contributed by atoms with E-state index >= 15 is 0 Å². The maximum absolute atomic E-state index is 11.6. The van der Waals surface area contributed by atoms with E-state index in [9.17, 15) is 4.79 Å². The van der Waals surface area contributed by atoms with E-state index in [1.165, 1.54) is 7.11 Å². The normalized spacial score (nSPS) is 12.2. The molecule has 0 bridgehead atoms. The number of methoxy groups -OCH3 is 1. The Kier molecular flexibility index (Phi) is 6.36. The van der Waals surface area contributed by atoms with Gasteiger partial charge in [-0.05, 0) is 25.0 Å². The first kappa shape index (κ1) is 14.6. The number of pyridine rings is 1. The van der Waals surface area contributed by atoms with Crippen molar-refractivity contribution >= 4 is 5.97 Å². The van der Waals surface area contributed by atoms with Crippen molar-refractivity contribution in [3.63, 3.8) is 0 Å². The highest BCUT2D eigenvalue weighted by atomic mass is 16.5. The fourth-order valence-corrected chi connectivity index (χ4v) is 1.91. The standard InChI is InChI=1S/C14H22N2O2/c1-4-7-11(5-2)16-10-13-12(14(17)18-3)8-6-9-15-13/h6,8-9,11,16H,4-5,7,10H2,1-3H3. The van der Waals surface area contributed by atoms with Crippen molar-refractivity contribution in [3.8, 4) is 0 Å². The van der Waals surface area contributed by atoms with E-state index in [4.69, 9.17) is 4.74 Å². The van der Waals surface area contributed by atoms with Crippen LogP contribution in [0.25, 0.3) is 0 Å². The van der Waals surface area contributed by atoms with Gasteiger partial charge < -0.3 is 10.1 Å². The number of nitrogens with one attached hydrogen (secondary N) is 1. The molecule has 1 aromatic rings. The molecule has 0 saturated carbocycles. The predicted octanol–water partition coefficient (Wildman–Crippen LogP) is 2.54. The number of rotatable bonds is 7. The minimum absolute atomic E-state index is 0.330. The Bertz CT molecular complexity index is 380. The molecule has 1 aromatic heterocycles. The first-order valence-corrected chi connectivity index (χ1v) is 6.48. The molecule has 0 fully saturated rings. The van der Waals surface area contributed by atoms with Crippen molar-refractivity contribution in [1.29, 1.82) is 0 Å². The van der Waals surface area contributed by atoms with Gasteiger partial charge in [0.1, 0.15) is 0 Å². The molecule has 1 N–H and O–H groups in total. The van der Waals surface area contributed by atoms with E-state index in [1.54, 1.807) is 18.3 Å². The van der Waals surface area contributed by atoms with Gasteiger partial charge in [0.25, 0.3) is 0 Å². The molecule has 100 valence electrons. The van der Waals surface area contributed by atoms with Crippen molar-refractivity contribution in [3.05, 3.63) is 29.6 Å². The number of hydrogen-bond donors (Lipinski definition) is 1. The second kappa shape index (κ2) is 7.82. The van der Waals surface area contributed by atoms with Gasteiger partial charge in [-0.2, -0.15) is 0 Å². The topological polar surface area (TPSA) is 51.2 Å². The third-order valence-corrected chi connectivity index (χ3v) is 2.98. The van der Waals surface area contributed by atoms with Crippen molar-refractivity contribution in [1.82, 2.24) is 10.3 Å². The Balaban J connectivity index is 2.69. The van der Waals surface area contributed by atoms with Gasteiger partial charge in [-0.1, -0.05) is 20.3 Å². The molecule has 0 radical (unpaired) electrons. The van der Waals surface area contributed by atoms with Crippen LogP contribution in [0.15, 0.2) is 18.3 Å². The van der Waals surface area contributed by atoms with Gasteiger partial charge in [-0.15, -0.1) is 0 Å².